The molecule has 0 aromatic heterocycles. The lowest BCUT2D eigenvalue weighted by molar-refractivity contribution is -0.208. The Labute approximate surface area is 152 Å². The molecule has 25 heavy (non-hydrogen) atoms. The summed E-state index contributed by atoms with van der Waals surface area (Å²) in [7, 11) is 0. The minimum atomic E-state index is -0.513. The molecule has 0 heterocycles. The summed E-state index contributed by atoms with van der Waals surface area (Å²) in [5, 5.41) is 0. The van der Waals surface area contributed by atoms with Gasteiger partial charge in [0.05, 0.1) is 13.2 Å². The van der Waals surface area contributed by atoms with Crippen molar-refractivity contribution in [2.24, 2.45) is 0 Å². The first kappa shape index (κ1) is 23.7. The van der Waals surface area contributed by atoms with Crippen molar-refractivity contribution >= 4 is 12.6 Å². The average Bonchev–Trinajstić information content (AvgIpc) is 2.62. The number of carbonyl (C=O) groups is 2. The van der Waals surface area contributed by atoms with Crippen molar-refractivity contribution in [1.29, 1.82) is 0 Å². The summed E-state index contributed by atoms with van der Waals surface area (Å²) in [6.45, 7) is 5.42. The van der Waals surface area contributed by atoms with Gasteiger partial charge in [0.1, 0.15) is 12.6 Å². The summed E-state index contributed by atoms with van der Waals surface area (Å²) in [5.74, 6) is 0. The van der Waals surface area contributed by atoms with E-state index < -0.39 is 12.6 Å². The van der Waals surface area contributed by atoms with E-state index >= 15 is 0 Å². The molecular formula is C20H34O5. The van der Waals surface area contributed by atoms with Gasteiger partial charge in [-0.25, -0.2) is 0 Å². The van der Waals surface area contributed by atoms with E-state index in [1.54, 1.807) is 0 Å². The van der Waals surface area contributed by atoms with Gasteiger partial charge in [0, 0.05) is 12.8 Å². The van der Waals surface area contributed by atoms with Crippen LogP contribution in [0, 0.1) is 0 Å². The molecule has 0 fully saturated rings. The molecule has 5 heteroatoms. The Bertz CT molecular complexity index is 331. The number of carbonyl (C=O) groups excluding carboxylic acids is 2. The molecular weight excluding hydrogens is 320 g/mol. The van der Waals surface area contributed by atoms with Crippen LogP contribution in [0.1, 0.15) is 65.2 Å². The van der Waals surface area contributed by atoms with Crippen molar-refractivity contribution in [1.82, 2.24) is 0 Å². The largest absolute Gasteiger partial charge is 0.349 e. The highest BCUT2D eigenvalue weighted by Gasteiger charge is 2.13. The Hall–Kier alpha value is -1.30. The highest BCUT2D eigenvalue weighted by atomic mass is 16.8. The molecule has 0 aliphatic carbocycles. The quantitative estimate of drug-likeness (QED) is 0.158. The predicted octanol–water partition coefficient (Wildman–Crippen LogP) is 4.36. The van der Waals surface area contributed by atoms with E-state index in [0.29, 0.717) is 38.9 Å². The molecule has 5 nitrogen and oxygen atoms in total. The van der Waals surface area contributed by atoms with E-state index in [1.165, 1.54) is 0 Å². The van der Waals surface area contributed by atoms with Crippen molar-refractivity contribution in [2.45, 2.75) is 77.8 Å². The SMILES string of the molecule is CCCCOC(C=CCCC=O)OC(C=CCCC=O)OCCCC. The maximum Gasteiger partial charge on any atom is 0.180 e. The van der Waals surface area contributed by atoms with Crippen LogP contribution in [-0.4, -0.2) is 38.4 Å². The first-order chi connectivity index (χ1) is 12.3. The molecule has 0 aromatic carbocycles. The van der Waals surface area contributed by atoms with Crippen molar-refractivity contribution < 1.29 is 23.8 Å². The summed E-state index contributed by atoms with van der Waals surface area (Å²) in [4.78, 5) is 20.8. The molecule has 0 spiro atoms. The molecule has 0 saturated heterocycles. The lowest BCUT2D eigenvalue weighted by Gasteiger charge is -2.21. The van der Waals surface area contributed by atoms with Gasteiger partial charge in [-0.3, -0.25) is 0 Å². The van der Waals surface area contributed by atoms with E-state index in [0.717, 1.165) is 38.3 Å². The van der Waals surface area contributed by atoms with Crippen molar-refractivity contribution in [3.05, 3.63) is 24.3 Å². The van der Waals surface area contributed by atoms with Crippen LogP contribution in [0.4, 0.5) is 0 Å². The van der Waals surface area contributed by atoms with Crippen LogP contribution < -0.4 is 0 Å². The third kappa shape index (κ3) is 15.9. The van der Waals surface area contributed by atoms with Crippen LogP contribution in [0.15, 0.2) is 24.3 Å². The zero-order chi connectivity index (χ0) is 18.6. The lowest BCUT2D eigenvalue weighted by Crippen LogP contribution is -2.25. The van der Waals surface area contributed by atoms with Gasteiger partial charge < -0.3 is 23.8 Å². The van der Waals surface area contributed by atoms with Crippen molar-refractivity contribution in [3.8, 4) is 0 Å². The van der Waals surface area contributed by atoms with Gasteiger partial charge in [-0.1, -0.05) is 38.8 Å². The Morgan fingerprint density at radius 2 is 1.16 bits per heavy atom. The summed E-state index contributed by atoms with van der Waals surface area (Å²) in [6, 6.07) is 0. The average molecular weight is 354 g/mol. The fraction of sp³-hybridized carbons (Fsp3) is 0.700. The number of ether oxygens (including phenoxy) is 3. The molecule has 2 unspecified atom stereocenters. The number of aldehydes is 2. The second kappa shape index (κ2) is 19.0. The maximum absolute atomic E-state index is 10.4. The first-order valence-corrected chi connectivity index (χ1v) is 9.37. The molecule has 0 rings (SSSR count). The number of hydrogen-bond acceptors (Lipinski definition) is 5. The molecule has 2 atom stereocenters. The van der Waals surface area contributed by atoms with Gasteiger partial charge in [0.25, 0.3) is 0 Å². The fourth-order valence-corrected chi connectivity index (χ4v) is 1.84. The van der Waals surface area contributed by atoms with Crippen molar-refractivity contribution in [2.75, 3.05) is 13.2 Å². The third-order valence-electron chi connectivity index (χ3n) is 3.32. The van der Waals surface area contributed by atoms with E-state index in [2.05, 4.69) is 13.8 Å². The van der Waals surface area contributed by atoms with Gasteiger partial charge in [-0.15, -0.1) is 0 Å². The molecule has 0 bridgehead atoms. The number of allylic oxidation sites excluding steroid dienone is 2. The highest BCUT2D eigenvalue weighted by molar-refractivity contribution is 5.49. The molecule has 0 amide bonds. The van der Waals surface area contributed by atoms with Gasteiger partial charge in [-0.05, 0) is 37.8 Å². The molecule has 0 radical (unpaired) electrons. The molecule has 0 aliphatic rings. The zero-order valence-electron chi connectivity index (χ0n) is 15.7. The normalized spacial score (nSPS) is 14.2. The Morgan fingerprint density at radius 3 is 1.52 bits per heavy atom. The van der Waals surface area contributed by atoms with Crippen molar-refractivity contribution in [3.63, 3.8) is 0 Å². The second-order valence-electron chi connectivity index (χ2n) is 5.67. The molecule has 0 saturated carbocycles. The Balaban J connectivity index is 4.66. The third-order valence-corrected chi connectivity index (χ3v) is 3.32. The minimum absolute atomic E-state index is 0.486. The number of unbranched alkanes of at least 4 members (excludes halogenated alkanes) is 4. The summed E-state index contributed by atoms with van der Waals surface area (Å²) in [6.07, 6.45) is 14.5. The monoisotopic (exact) mass is 354 g/mol. The fourth-order valence-electron chi connectivity index (χ4n) is 1.84. The summed E-state index contributed by atoms with van der Waals surface area (Å²) >= 11 is 0. The van der Waals surface area contributed by atoms with Crippen LogP contribution in [0.5, 0.6) is 0 Å². The molecule has 0 aromatic rings. The first-order valence-electron chi connectivity index (χ1n) is 9.37. The van der Waals surface area contributed by atoms with Gasteiger partial charge in [0.15, 0.2) is 12.6 Å². The minimum Gasteiger partial charge on any atom is -0.349 e. The van der Waals surface area contributed by atoms with Gasteiger partial charge >= 0.3 is 0 Å². The van der Waals surface area contributed by atoms with Crippen LogP contribution in [0.3, 0.4) is 0 Å². The Morgan fingerprint density at radius 1 is 0.720 bits per heavy atom. The summed E-state index contributed by atoms with van der Waals surface area (Å²) < 4.78 is 17.4. The zero-order valence-corrected chi connectivity index (χ0v) is 15.7. The van der Waals surface area contributed by atoms with E-state index in [4.69, 9.17) is 14.2 Å². The van der Waals surface area contributed by atoms with E-state index in [-0.39, 0.29) is 0 Å². The molecule has 0 N–H and O–H groups in total. The predicted molar refractivity (Wildman–Crippen MR) is 99.3 cm³/mol. The van der Waals surface area contributed by atoms with Crippen LogP contribution in [0.25, 0.3) is 0 Å². The lowest BCUT2D eigenvalue weighted by atomic mass is 10.3. The van der Waals surface area contributed by atoms with Crippen LogP contribution in [-0.2, 0) is 23.8 Å². The van der Waals surface area contributed by atoms with Gasteiger partial charge in [-0.2, -0.15) is 0 Å². The highest BCUT2D eigenvalue weighted by Crippen LogP contribution is 2.09. The standard InChI is InChI=1S/C20H34O5/c1-3-5-17-23-19(13-9-7-11-15-21)25-20(24-18-6-4-2)14-10-8-12-16-22/h9-10,13-16,19-20H,3-8,11-12,17-18H2,1-2H3. The smallest absolute Gasteiger partial charge is 0.180 e. The van der Waals surface area contributed by atoms with Gasteiger partial charge in [0.2, 0.25) is 0 Å². The molecule has 144 valence electrons. The van der Waals surface area contributed by atoms with E-state index in [1.807, 2.05) is 24.3 Å². The maximum atomic E-state index is 10.4. The second-order valence-corrected chi connectivity index (χ2v) is 5.67. The van der Waals surface area contributed by atoms with E-state index in [9.17, 15) is 9.59 Å². The van der Waals surface area contributed by atoms with Crippen LogP contribution in [0.2, 0.25) is 0 Å². The van der Waals surface area contributed by atoms with Crippen LogP contribution >= 0.6 is 0 Å². The number of hydrogen-bond donors (Lipinski definition) is 0. The number of rotatable bonds is 18. The Kier molecular flexibility index (Phi) is 18.0. The summed E-state index contributed by atoms with van der Waals surface area (Å²) in [5.41, 5.74) is 0. The topological polar surface area (TPSA) is 61.8 Å². The molecule has 0 aliphatic heterocycles.